The number of ether oxygens (including phenoxy) is 1. The minimum atomic E-state index is -0.583. The van der Waals surface area contributed by atoms with Gasteiger partial charge in [-0.1, -0.05) is 42.5 Å². The summed E-state index contributed by atoms with van der Waals surface area (Å²) in [5, 5.41) is 0. The average Bonchev–Trinajstić information content (AvgIpc) is 2.56. The lowest BCUT2D eigenvalue weighted by Gasteiger charge is -2.36. The van der Waals surface area contributed by atoms with Gasteiger partial charge in [0.15, 0.2) is 6.04 Å². The lowest BCUT2D eigenvalue weighted by molar-refractivity contribution is -0.146. The number of halogens is 1. The Morgan fingerprint density at radius 1 is 1.09 bits per heavy atom. The standard InChI is InChI=1S/C18H16FNO2/c1-13(14-5-3-2-4-6-14)20-11-12-22-18(21)17(20)15-7-9-16(19)10-8-15/h2-13,17H,1H3/t13?,17-/m0/s1. The highest BCUT2D eigenvalue weighted by Crippen LogP contribution is 2.34. The molecule has 0 amide bonds. The molecule has 1 aliphatic rings. The Morgan fingerprint density at radius 2 is 1.77 bits per heavy atom. The first kappa shape index (κ1) is 14.3. The summed E-state index contributed by atoms with van der Waals surface area (Å²) < 4.78 is 18.2. The van der Waals surface area contributed by atoms with E-state index in [4.69, 9.17) is 4.74 Å². The van der Waals surface area contributed by atoms with Crippen molar-refractivity contribution >= 4 is 5.97 Å². The molecule has 1 aliphatic heterocycles. The summed E-state index contributed by atoms with van der Waals surface area (Å²) in [5.41, 5.74) is 1.80. The maximum absolute atomic E-state index is 13.1. The summed E-state index contributed by atoms with van der Waals surface area (Å²) in [4.78, 5) is 14.1. The van der Waals surface area contributed by atoms with Crippen LogP contribution in [0.15, 0.2) is 67.1 Å². The van der Waals surface area contributed by atoms with Crippen LogP contribution in [0.1, 0.15) is 30.1 Å². The summed E-state index contributed by atoms with van der Waals surface area (Å²) in [6.45, 7) is 2.02. The topological polar surface area (TPSA) is 29.5 Å². The van der Waals surface area contributed by atoms with E-state index in [2.05, 4.69) is 0 Å². The second-order valence-electron chi connectivity index (χ2n) is 5.21. The molecule has 22 heavy (non-hydrogen) atoms. The maximum Gasteiger partial charge on any atom is 0.338 e. The predicted molar refractivity (Wildman–Crippen MR) is 81.1 cm³/mol. The predicted octanol–water partition coefficient (Wildman–Crippen LogP) is 3.96. The smallest absolute Gasteiger partial charge is 0.338 e. The molecule has 2 atom stereocenters. The molecule has 0 saturated carbocycles. The number of esters is 1. The molecule has 0 radical (unpaired) electrons. The highest BCUT2D eigenvalue weighted by molar-refractivity contribution is 5.79. The molecular formula is C18H16FNO2. The molecule has 0 fully saturated rings. The van der Waals surface area contributed by atoms with Crippen molar-refractivity contribution in [2.45, 2.75) is 19.0 Å². The Labute approximate surface area is 128 Å². The Morgan fingerprint density at radius 3 is 2.45 bits per heavy atom. The Balaban J connectivity index is 1.96. The van der Waals surface area contributed by atoms with Gasteiger partial charge in [-0.05, 0) is 30.2 Å². The highest BCUT2D eigenvalue weighted by Gasteiger charge is 2.33. The monoisotopic (exact) mass is 297 g/mol. The Hall–Kier alpha value is -2.62. The number of benzene rings is 2. The van der Waals surface area contributed by atoms with E-state index in [9.17, 15) is 9.18 Å². The summed E-state index contributed by atoms with van der Waals surface area (Å²) in [7, 11) is 0. The number of rotatable bonds is 3. The zero-order valence-corrected chi connectivity index (χ0v) is 12.1. The maximum atomic E-state index is 13.1. The van der Waals surface area contributed by atoms with Gasteiger partial charge in [-0.25, -0.2) is 9.18 Å². The molecular weight excluding hydrogens is 281 g/mol. The molecule has 2 aromatic rings. The highest BCUT2D eigenvalue weighted by atomic mass is 19.1. The van der Waals surface area contributed by atoms with Crippen LogP contribution in [0.25, 0.3) is 0 Å². The van der Waals surface area contributed by atoms with Crippen LogP contribution in [-0.2, 0) is 9.53 Å². The van der Waals surface area contributed by atoms with Gasteiger partial charge >= 0.3 is 5.97 Å². The molecule has 3 rings (SSSR count). The zero-order valence-electron chi connectivity index (χ0n) is 12.1. The molecule has 112 valence electrons. The third-order valence-electron chi connectivity index (χ3n) is 3.85. The normalized spacial score (nSPS) is 18.9. The molecule has 0 saturated heterocycles. The van der Waals surface area contributed by atoms with Crippen molar-refractivity contribution in [1.29, 1.82) is 0 Å². The van der Waals surface area contributed by atoms with E-state index in [0.717, 1.165) is 5.56 Å². The van der Waals surface area contributed by atoms with E-state index in [1.807, 2.05) is 42.2 Å². The number of carbonyl (C=O) groups is 1. The summed E-state index contributed by atoms with van der Waals surface area (Å²) in [5.74, 6) is -0.692. The quantitative estimate of drug-likeness (QED) is 0.803. The van der Waals surface area contributed by atoms with Crippen LogP contribution in [0.5, 0.6) is 0 Å². The fourth-order valence-electron chi connectivity index (χ4n) is 2.65. The van der Waals surface area contributed by atoms with Crippen LogP contribution in [0.2, 0.25) is 0 Å². The number of cyclic esters (lactones) is 1. The van der Waals surface area contributed by atoms with Gasteiger partial charge in [0.25, 0.3) is 0 Å². The third-order valence-corrected chi connectivity index (χ3v) is 3.85. The molecule has 1 unspecified atom stereocenters. The van der Waals surface area contributed by atoms with Crippen molar-refractivity contribution in [3.05, 3.63) is 84.0 Å². The average molecular weight is 297 g/mol. The Bertz CT molecular complexity index is 682. The van der Waals surface area contributed by atoms with Gasteiger partial charge in [-0.15, -0.1) is 0 Å². The summed E-state index contributed by atoms with van der Waals surface area (Å²) in [6, 6.07) is 15.2. The van der Waals surface area contributed by atoms with E-state index in [1.165, 1.54) is 18.4 Å². The van der Waals surface area contributed by atoms with Gasteiger partial charge in [0.05, 0.1) is 6.04 Å². The van der Waals surface area contributed by atoms with Gasteiger partial charge in [0, 0.05) is 6.20 Å². The van der Waals surface area contributed by atoms with Crippen LogP contribution in [0.4, 0.5) is 4.39 Å². The molecule has 0 N–H and O–H groups in total. The second-order valence-corrected chi connectivity index (χ2v) is 5.21. The Kier molecular flexibility index (Phi) is 3.92. The molecule has 0 bridgehead atoms. The van der Waals surface area contributed by atoms with E-state index < -0.39 is 6.04 Å². The fourth-order valence-corrected chi connectivity index (χ4v) is 2.65. The first-order valence-electron chi connectivity index (χ1n) is 7.12. The molecule has 0 spiro atoms. The van der Waals surface area contributed by atoms with Gasteiger partial charge in [-0.3, -0.25) is 0 Å². The largest absolute Gasteiger partial charge is 0.431 e. The van der Waals surface area contributed by atoms with Gasteiger partial charge in [0.1, 0.15) is 12.1 Å². The SMILES string of the molecule is CC(c1ccccc1)N1C=COC(=O)[C@@H]1c1ccc(F)cc1. The van der Waals surface area contributed by atoms with E-state index in [1.54, 1.807) is 18.3 Å². The zero-order chi connectivity index (χ0) is 15.5. The summed E-state index contributed by atoms with van der Waals surface area (Å²) >= 11 is 0. The van der Waals surface area contributed by atoms with E-state index >= 15 is 0 Å². The number of hydrogen-bond donors (Lipinski definition) is 0. The molecule has 2 aromatic carbocycles. The van der Waals surface area contributed by atoms with Crippen molar-refractivity contribution in [2.24, 2.45) is 0 Å². The number of hydrogen-bond acceptors (Lipinski definition) is 3. The van der Waals surface area contributed by atoms with E-state index in [-0.39, 0.29) is 17.8 Å². The van der Waals surface area contributed by atoms with Crippen molar-refractivity contribution in [1.82, 2.24) is 4.90 Å². The molecule has 4 heteroatoms. The first-order valence-corrected chi connectivity index (χ1v) is 7.12. The van der Waals surface area contributed by atoms with E-state index in [0.29, 0.717) is 5.56 Å². The van der Waals surface area contributed by atoms with Crippen LogP contribution >= 0.6 is 0 Å². The molecule has 0 aromatic heterocycles. The van der Waals surface area contributed by atoms with Crippen LogP contribution < -0.4 is 0 Å². The lowest BCUT2D eigenvalue weighted by atomic mass is 10.00. The van der Waals surface area contributed by atoms with Gasteiger partial charge in [-0.2, -0.15) is 0 Å². The first-order chi connectivity index (χ1) is 10.7. The van der Waals surface area contributed by atoms with Gasteiger partial charge in [0.2, 0.25) is 0 Å². The van der Waals surface area contributed by atoms with Crippen LogP contribution in [0.3, 0.4) is 0 Å². The fraction of sp³-hybridized carbons (Fsp3) is 0.167. The van der Waals surface area contributed by atoms with Crippen molar-refractivity contribution in [3.63, 3.8) is 0 Å². The van der Waals surface area contributed by atoms with Crippen molar-refractivity contribution in [3.8, 4) is 0 Å². The third kappa shape index (κ3) is 2.72. The molecule has 3 nitrogen and oxygen atoms in total. The van der Waals surface area contributed by atoms with Crippen LogP contribution in [0, 0.1) is 5.82 Å². The van der Waals surface area contributed by atoms with Crippen molar-refractivity contribution in [2.75, 3.05) is 0 Å². The summed E-state index contributed by atoms with van der Waals surface area (Å²) in [6.07, 6.45) is 3.15. The van der Waals surface area contributed by atoms with Crippen LogP contribution in [-0.4, -0.2) is 10.9 Å². The second kappa shape index (κ2) is 6.02. The van der Waals surface area contributed by atoms with Gasteiger partial charge < -0.3 is 9.64 Å². The molecule has 1 heterocycles. The lowest BCUT2D eigenvalue weighted by Crippen LogP contribution is -2.35. The minimum absolute atomic E-state index is 0.0136. The van der Waals surface area contributed by atoms with Crippen molar-refractivity contribution < 1.29 is 13.9 Å². The number of carbonyl (C=O) groups excluding carboxylic acids is 1. The molecule has 0 aliphatic carbocycles. The number of nitrogens with zero attached hydrogens (tertiary/aromatic N) is 1. The minimum Gasteiger partial charge on any atom is -0.431 e.